The second kappa shape index (κ2) is 16.6. The zero-order valence-corrected chi connectivity index (χ0v) is 29.2. The van der Waals surface area contributed by atoms with Gasteiger partial charge < -0.3 is 29.7 Å². The van der Waals surface area contributed by atoms with E-state index in [2.05, 4.69) is 18.5 Å². The lowest BCUT2D eigenvalue weighted by molar-refractivity contribution is -0.162. The summed E-state index contributed by atoms with van der Waals surface area (Å²) in [6.07, 6.45) is 5.52. The largest absolute Gasteiger partial charge is 0.455 e. The van der Waals surface area contributed by atoms with Crippen LogP contribution in [-0.2, 0) is 35.1 Å². The van der Waals surface area contributed by atoms with Crippen LogP contribution in [0.15, 0.2) is 86.0 Å². The number of carbonyl (C=O) groups is 4. The number of rotatable bonds is 18. The van der Waals surface area contributed by atoms with Crippen LogP contribution in [0, 0.1) is 11.8 Å². The molecule has 268 valence electrons. The van der Waals surface area contributed by atoms with E-state index in [1.54, 1.807) is 24.0 Å². The molecule has 2 aromatic carbocycles. The third kappa shape index (κ3) is 7.42. The molecule has 3 heterocycles. The van der Waals surface area contributed by atoms with Crippen LogP contribution in [0.2, 0.25) is 0 Å². The van der Waals surface area contributed by atoms with Gasteiger partial charge in [0.2, 0.25) is 17.7 Å². The molecule has 0 saturated carbocycles. The Hall–Kier alpha value is -4.28. The molecule has 1 spiro atoms. The molecule has 3 amide bonds. The normalized spacial score (nSPS) is 25.3. The highest BCUT2D eigenvalue weighted by Crippen LogP contribution is 2.59. The Bertz CT molecular complexity index is 1520. The molecule has 0 unspecified atom stereocenters. The van der Waals surface area contributed by atoms with E-state index in [1.807, 2.05) is 67.6 Å². The molecule has 2 bridgehead atoms. The molecular weight excluding hydrogens is 634 g/mol. The number of amides is 3. The Morgan fingerprint density at radius 2 is 1.82 bits per heavy atom. The van der Waals surface area contributed by atoms with Crippen LogP contribution in [0.1, 0.15) is 69.6 Å². The van der Waals surface area contributed by atoms with Crippen LogP contribution in [0.25, 0.3) is 0 Å². The van der Waals surface area contributed by atoms with E-state index >= 15 is 0 Å². The van der Waals surface area contributed by atoms with E-state index < -0.39 is 59.6 Å². The molecule has 5 rings (SSSR count). The van der Waals surface area contributed by atoms with Gasteiger partial charge in [-0.3, -0.25) is 19.2 Å². The summed E-state index contributed by atoms with van der Waals surface area (Å²) in [5, 5.41) is 13.7. The number of nitrogens with one attached hydrogen (secondary N) is 1. The first-order chi connectivity index (χ1) is 24.2. The number of aliphatic hydroxyl groups excluding tert-OH is 1. The summed E-state index contributed by atoms with van der Waals surface area (Å²) in [7, 11) is 0. The molecule has 0 aliphatic carbocycles. The first kappa shape index (κ1) is 37.0. The summed E-state index contributed by atoms with van der Waals surface area (Å²) < 4.78 is 13.0. The van der Waals surface area contributed by atoms with Crippen LogP contribution in [0.4, 0.5) is 0 Å². The molecule has 0 radical (unpaired) electrons. The van der Waals surface area contributed by atoms with Gasteiger partial charge in [-0.2, -0.15) is 0 Å². The van der Waals surface area contributed by atoms with E-state index in [9.17, 15) is 24.3 Å². The number of aliphatic hydroxyl groups is 1. The zero-order chi connectivity index (χ0) is 35.8. The molecule has 3 saturated heterocycles. The quantitative estimate of drug-likeness (QED) is 0.175. The lowest BCUT2D eigenvalue weighted by Gasteiger charge is -2.39. The zero-order valence-electron chi connectivity index (χ0n) is 29.2. The van der Waals surface area contributed by atoms with Gasteiger partial charge >= 0.3 is 5.97 Å². The van der Waals surface area contributed by atoms with Gasteiger partial charge in [-0.15, -0.1) is 13.2 Å². The lowest BCUT2D eigenvalue weighted by atomic mass is 9.70. The van der Waals surface area contributed by atoms with Crippen molar-refractivity contribution in [1.29, 1.82) is 0 Å². The maximum absolute atomic E-state index is 14.8. The Morgan fingerprint density at radius 3 is 2.46 bits per heavy atom. The van der Waals surface area contributed by atoms with Crippen LogP contribution in [-0.4, -0.2) is 88.1 Å². The van der Waals surface area contributed by atoms with Gasteiger partial charge in [0.15, 0.2) is 0 Å². The fraction of sp³-hybridized carbons (Fsp3) is 0.500. The first-order valence-electron chi connectivity index (χ1n) is 17.9. The van der Waals surface area contributed by atoms with Gasteiger partial charge in [0.05, 0.1) is 36.6 Å². The number of allylic oxidation sites excluding steroid dienone is 1. The predicted molar refractivity (Wildman–Crippen MR) is 189 cm³/mol. The molecular formula is C40H51N3O7. The number of unbranched alkanes of at least 4 members (excludes halogenated alkanes) is 1. The molecule has 2 aromatic rings. The Kier molecular flexibility index (Phi) is 12.3. The van der Waals surface area contributed by atoms with Crippen molar-refractivity contribution in [3.05, 3.63) is 97.1 Å². The molecule has 2 N–H and O–H groups in total. The second-order valence-electron chi connectivity index (χ2n) is 13.7. The highest BCUT2D eigenvalue weighted by Gasteiger charge is 2.75. The van der Waals surface area contributed by atoms with E-state index in [0.29, 0.717) is 44.3 Å². The minimum Gasteiger partial charge on any atom is -0.455 e. The molecule has 50 heavy (non-hydrogen) atoms. The van der Waals surface area contributed by atoms with Gasteiger partial charge in [-0.1, -0.05) is 86.2 Å². The van der Waals surface area contributed by atoms with Crippen molar-refractivity contribution in [1.82, 2.24) is 15.1 Å². The van der Waals surface area contributed by atoms with Crippen molar-refractivity contribution in [2.75, 3.05) is 19.7 Å². The molecule has 10 nitrogen and oxygen atoms in total. The molecule has 10 heteroatoms. The number of likely N-dealkylation sites (tertiary alicyclic amines) is 1. The highest BCUT2D eigenvalue weighted by atomic mass is 16.6. The minimum absolute atomic E-state index is 0.194. The molecule has 0 aromatic heterocycles. The topological polar surface area (TPSA) is 125 Å². The van der Waals surface area contributed by atoms with Gasteiger partial charge in [-0.25, -0.2) is 0 Å². The number of carbonyl (C=O) groups excluding carboxylic acids is 4. The van der Waals surface area contributed by atoms with Gasteiger partial charge in [0.25, 0.3) is 0 Å². The van der Waals surface area contributed by atoms with E-state index in [1.165, 1.54) is 4.90 Å². The van der Waals surface area contributed by atoms with Crippen LogP contribution < -0.4 is 5.32 Å². The van der Waals surface area contributed by atoms with Crippen molar-refractivity contribution in [3.8, 4) is 0 Å². The number of fused-ring (bicyclic) bond motifs is 1. The smallest absolute Gasteiger partial charge is 0.313 e. The minimum atomic E-state index is -1.26. The highest BCUT2D eigenvalue weighted by molar-refractivity contribution is 5.98. The number of hydrogen-bond acceptors (Lipinski definition) is 7. The molecule has 3 aliphatic rings. The van der Waals surface area contributed by atoms with E-state index in [4.69, 9.17) is 9.47 Å². The van der Waals surface area contributed by atoms with Crippen molar-refractivity contribution >= 4 is 23.7 Å². The third-order valence-corrected chi connectivity index (χ3v) is 10.4. The second-order valence-corrected chi connectivity index (χ2v) is 13.7. The monoisotopic (exact) mass is 685 g/mol. The van der Waals surface area contributed by atoms with E-state index in [-0.39, 0.29) is 24.8 Å². The number of benzene rings is 2. The summed E-state index contributed by atoms with van der Waals surface area (Å²) in [4.78, 5) is 59.8. The van der Waals surface area contributed by atoms with Crippen molar-refractivity contribution in [2.45, 2.75) is 94.7 Å². The standard InChI is InChI=1S/C40H51N3O7/c1-5-8-20-32(45)41-27(4)35(29-18-14-11-15-19-29)49-39(48)33-31-21-22-40(50-31)34(33)37(46)43(30(26-44)25-28-16-12-10-13-17-28)36(40)38(47)42(23-7-3)24-9-6-2/h5,7,10-19,27,30-31,33-36,44H,1,3,6,8-9,20-26H2,2,4H3,(H,41,45)/t27-,30-,31+,33-,34-,35-,36+,40-/m1/s1. The summed E-state index contributed by atoms with van der Waals surface area (Å²) >= 11 is 0. The summed E-state index contributed by atoms with van der Waals surface area (Å²) in [6, 6.07) is 16.4. The number of esters is 1. The average molecular weight is 686 g/mol. The SMILES string of the molecule is C=CCCC(=O)N[C@H](C)[C@@H](OC(=O)[C@@H]1[C@@H]2CC[C@]3(O2)[C@H](C(=O)N(CC=C)CCCC)N([C@@H](CO)Cc2ccccc2)C(=O)[C@@H]13)c1ccccc1. The predicted octanol–water partition coefficient (Wildman–Crippen LogP) is 4.53. The maximum Gasteiger partial charge on any atom is 0.313 e. The van der Waals surface area contributed by atoms with Crippen molar-refractivity contribution in [3.63, 3.8) is 0 Å². The van der Waals surface area contributed by atoms with Gasteiger partial charge in [-0.05, 0) is 50.2 Å². The molecule has 3 fully saturated rings. The van der Waals surface area contributed by atoms with Crippen LogP contribution in [0.3, 0.4) is 0 Å². The fourth-order valence-electron chi connectivity index (χ4n) is 8.08. The van der Waals surface area contributed by atoms with Gasteiger partial charge in [0, 0.05) is 19.5 Å². The summed E-state index contributed by atoms with van der Waals surface area (Å²) in [5.74, 6) is -3.40. The third-order valence-electron chi connectivity index (χ3n) is 10.4. The number of ether oxygens (including phenoxy) is 2. The summed E-state index contributed by atoms with van der Waals surface area (Å²) in [6.45, 7) is 11.8. The van der Waals surface area contributed by atoms with Crippen molar-refractivity contribution in [2.24, 2.45) is 11.8 Å². The maximum atomic E-state index is 14.8. The van der Waals surface area contributed by atoms with Crippen LogP contribution in [0.5, 0.6) is 0 Å². The Morgan fingerprint density at radius 1 is 1.12 bits per heavy atom. The number of nitrogens with zero attached hydrogens (tertiary/aromatic N) is 2. The fourth-order valence-corrected chi connectivity index (χ4v) is 8.08. The average Bonchev–Trinajstić information content (AvgIpc) is 3.78. The van der Waals surface area contributed by atoms with Crippen LogP contribution >= 0.6 is 0 Å². The van der Waals surface area contributed by atoms with Gasteiger partial charge in [0.1, 0.15) is 17.7 Å². The van der Waals surface area contributed by atoms with Crippen molar-refractivity contribution < 1.29 is 33.8 Å². The Labute approximate surface area is 295 Å². The first-order valence-corrected chi connectivity index (χ1v) is 17.9. The molecule has 3 aliphatic heterocycles. The number of hydrogen-bond donors (Lipinski definition) is 2. The summed E-state index contributed by atoms with van der Waals surface area (Å²) in [5.41, 5.74) is 0.346. The lowest BCUT2D eigenvalue weighted by Crippen LogP contribution is -2.59. The Balaban J connectivity index is 1.50. The molecule has 8 atom stereocenters. The van der Waals surface area contributed by atoms with E-state index in [0.717, 1.165) is 18.4 Å².